The van der Waals surface area contributed by atoms with E-state index >= 15 is 0 Å². The van der Waals surface area contributed by atoms with Crippen molar-refractivity contribution in [2.75, 3.05) is 5.73 Å². The predicted molar refractivity (Wildman–Crippen MR) is 80.1 cm³/mol. The Morgan fingerprint density at radius 2 is 1.65 bits per heavy atom. The van der Waals surface area contributed by atoms with Gasteiger partial charge in [0, 0.05) is 5.69 Å². The Labute approximate surface area is 119 Å². The number of rotatable bonds is 4. The van der Waals surface area contributed by atoms with Gasteiger partial charge >= 0.3 is 5.97 Å². The number of anilines is 1. The topological polar surface area (TPSA) is 52.3 Å². The highest BCUT2D eigenvalue weighted by atomic mass is 16.5. The van der Waals surface area contributed by atoms with Crippen molar-refractivity contribution in [3.05, 3.63) is 65.7 Å². The molecule has 3 heteroatoms. The van der Waals surface area contributed by atoms with Gasteiger partial charge in [-0.1, -0.05) is 42.5 Å². The third kappa shape index (κ3) is 3.18. The minimum Gasteiger partial charge on any atom is -0.460 e. The molecule has 0 radical (unpaired) electrons. The molecule has 0 heterocycles. The average molecular weight is 269 g/mol. The van der Waals surface area contributed by atoms with Gasteiger partial charge in [-0.25, -0.2) is 0 Å². The fraction of sp³-hybridized carbons (Fsp3) is 0.235. The number of nitrogen functional groups attached to an aromatic ring is 1. The molecule has 0 aliphatic rings. The maximum atomic E-state index is 12.3. The van der Waals surface area contributed by atoms with Gasteiger partial charge in [0.15, 0.2) is 0 Å². The van der Waals surface area contributed by atoms with Gasteiger partial charge in [0.05, 0.1) is 5.41 Å². The second-order valence-corrected chi connectivity index (χ2v) is 5.31. The van der Waals surface area contributed by atoms with Gasteiger partial charge in [-0.05, 0) is 37.1 Å². The zero-order valence-corrected chi connectivity index (χ0v) is 11.8. The number of benzene rings is 2. The van der Waals surface area contributed by atoms with Crippen LogP contribution < -0.4 is 5.73 Å². The maximum Gasteiger partial charge on any atom is 0.316 e. The number of ether oxygens (including phenoxy) is 1. The lowest BCUT2D eigenvalue weighted by molar-refractivity contribution is -0.150. The molecule has 0 aliphatic carbocycles. The van der Waals surface area contributed by atoms with E-state index in [1.165, 1.54) is 0 Å². The summed E-state index contributed by atoms with van der Waals surface area (Å²) < 4.78 is 5.41. The molecule has 20 heavy (non-hydrogen) atoms. The Kier molecular flexibility index (Phi) is 4.08. The predicted octanol–water partition coefficient (Wildman–Crippen LogP) is 3.29. The summed E-state index contributed by atoms with van der Waals surface area (Å²) in [6.45, 7) is 4.00. The lowest BCUT2D eigenvalue weighted by Gasteiger charge is -2.23. The molecule has 0 fully saturated rings. The molecule has 0 unspecified atom stereocenters. The number of nitrogens with two attached hydrogens (primary N) is 1. The first-order valence-electron chi connectivity index (χ1n) is 6.57. The van der Waals surface area contributed by atoms with Crippen LogP contribution in [-0.2, 0) is 21.6 Å². The highest BCUT2D eigenvalue weighted by molar-refractivity contribution is 5.82. The van der Waals surface area contributed by atoms with Crippen molar-refractivity contribution in [1.82, 2.24) is 0 Å². The number of esters is 1. The minimum absolute atomic E-state index is 0.244. The first-order chi connectivity index (χ1) is 9.50. The maximum absolute atomic E-state index is 12.3. The van der Waals surface area contributed by atoms with Crippen LogP contribution in [0.1, 0.15) is 25.0 Å². The number of hydrogen-bond acceptors (Lipinski definition) is 3. The summed E-state index contributed by atoms with van der Waals surface area (Å²) in [5.74, 6) is -0.244. The van der Waals surface area contributed by atoms with E-state index in [0.717, 1.165) is 11.1 Å². The van der Waals surface area contributed by atoms with Gasteiger partial charge < -0.3 is 10.5 Å². The van der Waals surface area contributed by atoms with Crippen LogP contribution in [-0.4, -0.2) is 5.97 Å². The van der Waals surface area contributed by atoms with Crippen LogP contribution in [0.15, 0.2) is 54.6 Å². The van der Waals surface area contributed by atoms with E-state index in [2.05, 4.69) is 0 Å². The fourth-order valence-electron chi connectivity index (χ4n) is 1.92. The molecule has 0 aromatic heterocycles. The molecule has 0 atom stereocenters. The highest BCUT2D eigenvalue weighted by Crippen LogP contribution is 2.26. The Balaban J connectivity index is 2.05. The van der Waals surface area contributed by atoms with Crippen molar-refractivity contribution in [1.29, 1.82) is 0 Å². The second kappa shape index (κ2) is 5.78. The molecule has 2 N–H and O–H groups in total. The van der Waals surface area contributed by atoms with Crippen molar-refractivity contribution >= 4 is 11.7 Å². The van der Waals surface area contributed by atoms with Crippen molar-refractivity contribution in [3.8, 4) is 0 Å². The summed E-state index contributed by atoms with van der Waals surface area (Å²) in [5.41, 5.74) is 7.53. The summed E-state index contributed by atoms with van der Waals surface area (Å²) in [6.07, 6.45) is 0. The average Bonchev–Trinajstić information content (AvgIpc) is 2.46. The van der Waals surface area contributed by atoms with Crippen molar-refractivity contribution in [3.63, 3.8) is 0 Å². The van der Waals surface area contributed by atoms with Crippen molar-refractivity contribution in [2.24, 2.45) is 0 Å². The van der Waals surface area contributed by atoms with E-state index in [-0.39, 0.29) is 12.6 Å². The Morgan fingerprint density at radius 1 is 1.05 bits per heavy atom. The van der Waals surface area contributed by atoms with Crippen LogP contribution in [0.4, 0.5) is 5.69 Å². The third-order valence-corrected chi connectivity index (χ3v) is 3.36. The molecule has 104 valence electrons. The standard InChI is InChI=1S/C17H19NO2/c1-17(2,14-8-10-15(18)11-9-14)16(19)20-12-13-6-4-3-5-7-13/h3-11H,12,18H2,1-2H3. The first-order valence-corrected chi connectivity index (χ1v) is 6.57. The van der Waals surface area contributed by atoms with Gasteiger partial charge in [-0.2, -0.15) is 0 Å². The van der Waals surface area contributed by atoms with Crippen LogP contribution in [0.25, 0.3) is 0 Å². The van der Waals surface area contributed by atoms with Crippen molar-refractivity contribution < 1.29 is 9.53 Å². The van der Waals surface area contributed by atoms with E-state index in [9.17, 15) is 4.79 Å². The Hall–Kier alpha value is -2.29. The second-order valence-electron chi connectivity index (χ2n) is 5.31. The Bertz CT molecular complexity index is 574. The summed E-state index contributed by atoms with van der Waals surface area (Å²) >= 11 is 0. The van der Waals surface area contributed by atoms with Gasteiger partial charge in [0.1, 0.15) is 6.61 Å². The largest absolute Gasteiger partial charge is 0.460 e. The van der Waals surface area contributed by atoms with E-state index in [0.29, 0.717) is 5.69 Å². The molecule has 2 rings (SSSR count). The van der Waals surface area contributed by atoms with Gasteiger partial charge in [-0.15, -0.1) is 0 Å². The third-order valence-electron chi connectivity index (χ3n) is 3.36. The van der Waals surface area contributed by atoms with Crippen LogP contribution in [0.3, 0.4) is 0 Å². The lowest BCUT2D eigenvalue weighted by atomic mass is 9.85. The lowest BCUT2D eigenvalue weighted by Crippen LogP contribution is -2.31. The van der Waals surface area contributed by atoms with E-state index in [1.54, 1.807) is 12.1 Å². The molecular formula is C17H19NO2. The molecule has 3 nitrogen and oxygen atoms in total. The highest BCUT2D eigenvalue weighted by Gasteiger charge is 2.31. The number of carbonyl (C=O) groups is 1. The van der Waals surface area contributed by atoms with Crippen LogP contribution in [0, 0.1) is 0 Å². The van der Waals surface area contributed by atoms with Gasteiger partial charge in [0.25, 0.3) is 0 Å². The van der Waals surface area contributed by atoms with Gasteiger partial charge in [0.2, 0.25) is 0 Å². The Morgan fingerprint density at radius 3 is 2.25 bits per heavy atom. The SMILES string of the molecule is CC(C)(C(=O)OCc1ccccc1)c1ccc(N)cc1. The van der Waals surface area contributed by atoms with Gasteiger partial charge in [-0.3, -0.25) is 4.79 Å². The molecule has 0 saturated carbocycles. The normalized spacial score (nSPS) is 11.1. The van der Waals surface area contributed by atoms with Crippen molar-refractivity contribution in [2.45, 2.75) is 25.9 Å². The first kappa shape index (κ1) is 14.1. The van der Waals surface area contributed by atoms with E-state index in [4.69, 9.17) is 10.5 Å². The molecule has 0 saturated heterocycles. The van der Waals surface area contributed by atoms with Crippen LogP contribution in [0.2, 0.25) is 0 Å². The van der Waals surface area contributed by atoms with Crippen LogP contribution in [0.5, 0.6) is 0 Å². The number of carbonyl (C=O) groups excluding carboxylic acids is 1. The minimum atomic E-state index is -0.692. The summed E-state index contributed by atoms with van der Waals surface area (Å²) in [7, 11) is 0. The molecule has 0 bridgehead atoms. The number of hydrogen-bond donors (Lipinski definition) is 1. The zero-order chi connectivity index (χ0) is 14.6. The molecule has 2 aromatic rings. The summed E-state index contributed by atoms with van der Waals surface area (Å²) in [6, 6.07) is 17.0. The quantitative estimate of drug-likeness (QED) is 0.684. The molecule has 0 spiro atoms. The van der Waals surface area contributed by atoms with Crippen LogP contribution >= 0.6 is 0 Å². The van der Waals surface area contributed by atoms with E-state index < -0.39 is 5.41 Å². The smallest absolute Gasteiger partial charge is 0.316 e. The van der Waals surface area contributed by atoms with E-state index in [1.807, 2.05) is 56.3 Å². The zero-order valence-electron chi connectivity index (χ0n) is 11.8. The monoisotopic (exact) mass is 269 g/mol. The molecular weight excluding hydrogens is 250 g/mol. The summed E-state index contributed by atoms with van der Waals surface area (Å²) in [4.78, 5) is 12.3. The fourth-order valence-corrected chi connectivity index (χ4v) is 1.92. The molecule has 0 aliphatic heterocycles. The summed E-state index contributed by atoms with van der Waals surface area (Å²) in [5, 5.41) is 0. The molecule has 0 amide bonds. The molecule has 2 aromatic carbocycles.